The van der Waals surface area contributed by atoms with Crippen molar-refractivity contribution in [1.29, 1.82) is 0 Å². The van der Waals surface area contributed by atoms with Crippen molar-refractivity contribution >= 4 is 17.5 Å². The summed E-state index contributed by atoms with van der Waals surface area (Å²) in [6, 6.07) is 3.56. The first kappa shape index (κ1) is 16.4. The minimum absolute atomic E-state index is 0.0856. The number of nitrogens with one attached hydrogen (secondary N) is 1. The number of rotatable bonds is 5. The summed E-state index contributed by atoms with van der Waals surface area (Å²) in [4.78, 5) is 30.2. The Morgan fingerprint density at radius 2 is 2.05 bits per heavy atom. The van der Waals surface area contributed by atoms with Gasteiger partial charge in [-0.3, -0.25) is 14.6 Å². The Kier molecular flexibility index (Phi) is 5.49. The average Bonchev–Trinajstić information content (AvgIpc) is 2.48. The molecule has 0 atom stereocenters. The Hall–Kier alpha value is -1.95. The molecule has 1 aromatic rings. The molecule has 1 aliphatic rings. The molecule has 22 heavy (non-hydrogen) atoms. The fourth-order valence-corrected chi connectivity index (χ4v) is 2.47. The van der Waals surface area contributed by atoms with Crippen molar-refractivity contribution in [3.63, 3.8) is 0 Å². The molecule has 1 aliphatic heterocycles. The number of morpholine rings is 1. The minimum atomic E-state index is -0.387. The summed E-state index contributed by atoms with van der Waals surface area (Å²) in [6.07, 6.45) is 3.90. The molecule has 2 heterocycles. The Morgan fingerprint density at radius 1 is 1.32 bits per heavy atom. The molecule has 6 nitrogen and oxygen atoms in total. The summed E-state index contributed by atoms with van der Waals surface area (Å²) in [7, 11) is 0. The van der Waals surface area contributed by atoms with E-state index in [1.165, 1.54) is 0 Å². The normalized spacial score (nSPS) is 15.5. The lowest BCUT2D eigenvalue weighted by molar-refractivity contribution is -0.137. The van der Waals surface area contributed by atoms with Crippen molar-refractivity contribution in [3.05, 3.63) is 24.5 Å². The highest BCUT2D eigenvalue weighted by molar-refractivity contribution is 5.91. The number of ether oxygens (including phenoxy) is 1. The molecule has 1 aromatic heterocycles. The second-order valence-electron chi connectivity index (χ2n) is 6.30. The first-order valence-corrected chi connectivity index (χ1v) is 7.52. The number of carbonyl (C=O) groups is 2. The first-order valence-electron chi connectivity index (χ1n) is 7.52. The van der Waals surface area contributed by atoms with Gasteiger partial charge in [0, 0.05) is 32.1 Å². The zero-order valence-electron chi connectivity index (χ0n) is 13.2. The van der Waals surface area contributed by atoms with Gasteiger partial charge in [-0.25, -0.2) is 0 Å². The van der Waals surface area contributed by atoms with E-state index in [0.29, 0.717) is 38.4 Å². The second kappa shape index (κ2) is 7.35. The van der Waals surface area contributed by atoms with Gasteiger partial charge in [0.15, 0.2) is 0 Å². The van der Waals surface area contributed by atoms with Crippen molar-refractivity contribution in [1.82, 2.24) is 9.88 Å². The molecule has 0 bridgehead atoms. The lowest BCUT2D eigenvalue weighted by Gasteiger charge is -2.31. The van der Waals surface area contributed by atoms with E-state index < -0.39 is 0 Å². The van der Waals surface area contributed by atoms with Gasteiger partial charge in [-0.1, -0.05) is 13.8 Å². The Balaban J connectivity index is 1.84. The highest BCUT2D eigenvalue weighted by Gasteiger charge is 2.28. The van der Waals surface area contributed by atoms with Gasteiger partial charge >= 0.3 is 0 Å². The molecule has 6 heteroatoms. The van der Waals surface area contributed by atoms with Crippen LogP contribution in [0.2, 0.25) is 0 Å². The van der Waals surface area contributed by atoms with Gasteiger partial charge in [0.2, 0.25) is 11.8 Å². The van der Waals surface area contributed by atoms with Gasteiger partial charge in [-0.05, 0) is 17.5 Å². The zero-order valence-corrected chi connectivity index (χ0v) is 13.2. The van der Waals surface area contributed by atoms with E-state index in [9.17, 15) is 9.59 Å². The maximum absolute atomic E-state index is 12.3. The highest BCUT2D eigenvalue weighted by Crippen LogP contribution is 2.27. The number of hydrogen-bond acceptors (Lipinski definition) is 4. The van der Waals surface area contributed by atoms with Crippen LogP contribution in [0, 0.1) is 5.41 Å². The van der Waals surface area contributed by atoms with Gasteiger partial charge in [0.05, 0.1) is 25.1 Å². The molecule has 1 N–H and O–H groups in total. The number of carbonyl (C=O) groups excluding carboxylic acids is 2. The van der Waals surface area contributed by atoms with Crippen molar-refractivity contribution in [2.24, 2.45) is 5.41 Å². The standard InChI is InChI=1S/C16H23N3O3/c1-16(2,11-15(21)19-6-8-22-9-7-19)10-14(20)18-13-4-3-5-17-12-13/h3-5,12H,6-11H2,1-2H3,(H,18,20). The lowest BCUT2D eigenvalue weighted by Crippen LogP contribution is -2.42. The summed E-state index contributed by atoms with van der Waals surface area (Å²) in [5.74, 6) is -0.0183. The molecule has 0 aliphatic carbocycles. The van der Waals surface area contributed by atoms with E-state index in [0.717, 1.165) is 0 Å². The van der Waals surface area contributed by atoms with E-state index in [1.807, 2.05) is 18.7 Å². The van der Waals surface area contributed by atoms with Gasteiger partial charge in [0.1, 0.15) is 0 Å². The smallest absolute Gasteiger partial charge is 0.224 e. The average molecular weight is 305 g/mol. The van der Waals surface area contributed by atoms with Gasteiger partial charge in [-0.15, -0.1) is 0 Å². The van der Waals surface area contributed by atoms with Crippen LogP contribution in [-0.2, 0) is 14.3 Å². The Labute approximate surface area is 130 Å². The third kappa shape index (κ3) is 5.11. The number of anilines is 1. The second-order valence-corrected chi connectivity index (χ2v) is 6.30. The van der Waals surface area contributed by atoms with Crippen molar-refractivity contribution in [2.75, 3.05) is 31.6 Å². The fraction of sp³-hybridized carbons (Fsp3) is 0.562. The quantitative estimate of drug-likeness (QED) is 0.898. The van der Waals surface area contributed by atoms with Gasteiger partial charge in [0.25, 0.3) is 0 Å². The van der Waals surface area contributed by atoms with Gasteiger partial charge < -0.3 is 15.0 Å². The van der Waals surface area contributed by atoms with Crippen molar-refractivity contribution < 1.29 is 14.3 Å². The summed E-state index contributed by atoms with van der Waals surface area (Å²) in [6.45, 7) is 6.33. The predicted molar refractivity (Wildman–Crippen MR) is 83.3 cm³/mol. The Morgan fingerprint density at radius 3 is 2.68 bits per heavy atom. The van der Waals surface area contributed by atoms with E-state index in [-0.39, 0.29) is 23.7 Å². The molecule has 120 valence electrons. The first-order chi connectivity index (χ1) is 10.5. The third-order valence-electron chi connectivity index (χ3n) is 3.58. The van der Waals surface area contributed by atoms with E-state index in [1.54, 1.807) is 24.5 Å². The fourth-order valence-electron chi connectivity index (χ4n) is 2.47. The summed E-state index contributed by atoms with van der Waals surface area (Å²) in [5, 5.41) is 2.80. The maximum Gasteiger partial charge on any atom is 0.224 e. The Bertz CT molecular complexity index is 511. The molecule has 0 unspecified atom stereocenters. The molecule has 0 radical (unpaired) electrons. The van der Waals surface area contributed by atoms with Crippen molar-refractivity contribution in [3.8, 4) is 0 Å². The summed E-state index contributed by atoms with van der Waals surface area (Å²) in [5.41, 5.74) is 0.282. The minimum Gasteiger partial charge on any atom is -0.378 e. The van der Waals surface area contributed by atoms with Crippen LogP contribution in [0.1, 0.15) is 26.7 Å². The lowest BCUT2D eigenvalue weighted by atomic mass is 9.84. The van der Waals surface area contributed by atoms with Crippen molar-refractivity contribution in [2.45, 2.75) is 26.7 Å². The van der Waals surface area contributed by atoms with E-state index in [4.69, 9.17) is 4.74 Å². The molecule has 2 rings (SSSR count). The molecule has 0 saturated carbocycles. The molecular formula is C16H23N3O3. The summed E-state index contributed by atoms with van der Waals surface area (Å²) < 4.78 is 5.25. The van der Waals surface area contributed by atoms with Crippen LogP contribution < -0.4 is 5.32 Å². The molecule has 0 spiro atoms. The number of hydrogen-bond donors (Lipinski definition) is 1. The topological polar surface area (TPSA) is 71.5 Å². The SMILES string of the molecule is CC(C)(CC(=O)Nc1cccnc1)CC(=O)N1CCOCC1. The molecular weight excluding hydrogens is 282 g/mol. The van der Waals surface area contributed by atoms with E-state index in [2.05, 4.69) is 10.3 Å². The number of pyridine rings is 1. The third-order valence-corrected chi connectivity index (χ3v) is 3.58. The van der Waals surface area contributed by atoms with Crippen LogP contribution in [0.25, 0.3) is 0 Å². The zero-order chi connectivity index (χ0) is 16.0. The molecule has 1 saturated heterocycles. The number of aromatic nitrogens is 1. The number of amides is 2. The van der Waals surface area contributed by atoms with E-state index >= 15 is 0 Å². The van der Waals surface area contributed by atoms with Crippen LogP contribution in [0.3, 0.4) is 0 Å². The molecule has 0 aromatic carbocycles. The molecule has 1 fully saturated rings. The van der Waals surface area contributed by atoms with Crippen LogP contribution in [0.5, 0.6) is 0 Å². The van der Waals surface area contributed by atoms with Crippen LogP contribution in [-0.4, -0.2) is 48.0 Å². The monoisotopic (exact) mass is 305 g/mol. The molecule has 2 amide bonds. The van der Waals surface area contributed by atoms with Gasteiger partial charge in [-0.2, -0.15) is 0 Å². The van der Waals surface area contributed by atoms with Crippen LogP contribution in [0.15, 0.2) is 24.5 Å². The number of nitrogens with zero attached hydrogens (tertiary/aromatic N) is 2. The largest absolute Gasteiger partial charge is 0.378 e. The maximum atomic E-state index is 12.3. The van der Waals surface area contributed by atoms with Crippen LogP contribution >= 0.6 is 0 Å². The highest BCUT2D eigenvalue weighted by atomic mass is 16.5. The van der Waals surface area contributed by atoms with Crippen LogP contribution in [0.4, 0.5) is 5.69 Å². The summed E-state index contributed by atoms with van der Waals surface area (Å²) >= 11 is 0. The predicted octanol–water partition coefficient (Wildman–Crippen LogP) is 1.69.